The van der Waals surface area contributed by atoms with Gasteiger partial charge in [-0.1, -0.05) is 36.8 Å². The third kappa shape index (κ3) is 5.39. The van der Waals surface area contributed by atoms with Crippen LogP contribution in [0.4, 0.5) is 17.5 Å². The molecule has 166 valence electrons. The highest BCUT2D eigenvalue weighted by Gasteiger charge is 2.13. The second-order valence-electron chi connectivity index (χ2n) is 8.06. The number of hydrogen-bond acceptors (Lipinski definition) is 7. The fourth-order valence-electron chi connectivity index (χ4n) is 4.10. The van der Waals surface area contributed by atoms with Gasteiger partial charge in [0.1, 0.15) is 5.82 Å². The summed E-state index contributed by atoms with van der Waals surface area (Å²) in [4.78, 5) is 21.9. The molecule has 0 bridgehead atoms. The summed E-state index contributed by atoms with van der Waals surface area (Å²) in [5, 5.41) is 14.6. The summed E-state index contributed by atoms with van der Waals surface area (Å²) in [6.07, 6.45) is 6.68. The van der Waals surface area contributed by atoms with Gasteiger partial charge < -0.3 is 16.0 Å². The zero-order valence-electron chi connectivity index (χ0n) is 18.0. The van der Waals surface area contributed by atoms with E-state index in [1.807, 2.05) is 30.3 Å². The number of aromatic nitrogens is 2. The second-order valence-corrected chi connectivity index (χ2v) is 8.06. The molecule has 8 heteroatoms. The third-order valence-corrected chi connectivity index (χ3v) is 5.76. The van der Waals surface area contributed by atoms with Crippen LogP contribution in [0.3, 0.4) is 0 Å². The fourth-order valence-corrected chi connectivity index (χ4v) is 4.10. The molecular weight excluding hydrogens is 404 g/mol. The first-order valence-corrected chi connectivity index (χ1v) is 11.0. The quantitative estimate of drug-likeness (QED) is 0.304. The first-order chi connectivity index (χ1) is 15.6. The van der Waals surface area contributed by atoms with Crippen molar-refractivity contribution in [3.05, 3.63) is 64.8 Å². The number of nitrogens with zero attached hydrogens (tertiary/aromatic N) is 4. The van der Waals surface area contributed by atoms with E-state index in [9.17, 15) is 10.1 Å². The maximum absolute atomic E-state index is 11.1. The zero-order chi connectivity index (χ0) is 22.3. The van der Waals surface area contributed by atoms with Gasteiger partial charge in [0.15, 0.2) is 0 Å². The third-order valence-electron chi connectivity index (χ3n) is 5.76. The lowest BCUT2D eigenvalue weighted by molar-refractivity contribution is -0.384. The van der Waals surface area contributed by atoms with Gasteiger partial charge in [-0.3, -0.25) is 10.1 Å². The zero-order valence-corrected chi connectivity index (χ0v) is 18.0. The van der Waals surface area contributed by atoms with E-state index in [-0.39, 0.29) is 16.6 Å². The molecule has 2 heterocycles. The van der Waals surface area contributed by atoms with Crippen LogP contribution in [0.15, 0.2) is 54.7 Å². The molecule has 0 spiro atoms. The van der Waals surface area contributed by atoms with E-state index in [4.69, 9.17) is 5.73 Å². The predicted octanol–water partition coefficient (Wildman–Crippen LogP) is 4.59. The molecule has 1 aromatic heterocycles. The van der Waals surface area contributed by atoms with Crippen LogP contribution in [0.5, 0.6) is 0 Å². The summed E-state index contributed by atoms with van der Waals surface area (Å²) in [7, 11) is 0. The first kappa shape index (κ1) is 21.7. The Morgan fingerprint density at radius 2 is 1.75 bits per heavy atom. The molecule has 4 rings (SSSR count). The number of nitrogens with two attached hydrogens (primary N) is 1. The molecular formula is C24H28N6O2. The minimum absolute atomic E-state index is 0.0692. The van der Waals surface area contributed by atoms with Gasteiger partial charge in [-0.25, -0.2) is 4.98 Å². The number of piperidine rings is 1. The molecule has 3 N–H and O–H groups in total. The molecule has 1 saturated heterocycles. The molecule has 0 saturated carbocycles. The number of rotatable bonds is 8. The highest BCUT2D eigenvalue weighted by molar-refractivity contribution is 5.79. The smallest absolute Gasteiger partial charge is 0.270 e. The highest BCUT2D eigenvalue weighted by Crippen LogP contribution is 2.31. The number of hydrogen-bond donors (Lipinski definition) is 2. The average Bonchev–Trinajstić information content (AvgIpc) is 2.83. The standard InChI is InChI=1S/C24H28N6O2/c25-24-27-17-22(23(28-24)26-11-6-14-29-12-2-1-3-13-29)20-9-4-7-18(15-20)19-8-5-10-21(16-19)30(31)32/h4-5,7-10,15-17H,1-3,6,11-14H2,(H3,25,26,27,28). The summed E-state index contributed by atoms with van der Waals surface area (Å²) in [5.74, 6) is 0.925. The summed E-state index contributed by atoms with van der Waals surface area (Å²) < 4.78 is 0. The van der Waals surface area contributed by atoms with Crippen LogP contribution in [0.25, 0.3) is 22.3 Å². The molecule has 0 aliphatic carbocycles. The van der Waals surface area contributed by atoms with Gasteiger partial charge in [-0.2, -0.15) is 4.98 Å². The van der Waals surface area contributed by atoms with Crippen molar-refractivity contribution in [1.82, 2.24) is 14.9 Å². The molecule has 0 unspecified atom stereocenters. The number of non-ortho nitro benzene ring substituents is 1. The minimum Gasteiger partial charge on any atom is -0.369 e. The number of likely N-dealkylation sites (tertiary alicyclic amines) is 1. The monoisotopic (exact) mass is 432 g/mol. The van der Waals surface area contributed by atoms with Gasteiger partial charge >= 0.3 is 0 Å². The van der Waals surface area contributed by atoms with E-state index in [1.54, 1.807) is 18.3 Å². The van der Waals surface area contributed by atoms with E-state index in [1.165, 1.54) is 38.4 Å². The van der Waals surface area contributed by atoms with Crippen molar-refractivity contribution in [3.63, 3.8) is 0 Å². The lowest BCUT2D eigenvalue weighted by Crippen LogP contribution is -2.31. The Kier molecular flexibility index (Phi) is 6.91. The normalized spacial score (nSPS) is 14.2. The Morgan fingerprint density at radius 3 is 2.53 bits per heavy atom. The van der Waals surface area contributed by atoms with Gasteiger partial charge in [0.25, 0.3) is 5.69 Å². The molecule has 0 atom stereocenters. The highest BCUT2D eigenvalue weighted by atomic mass is 16.6. The van der Waals surface area contributed by atoms with Crippen LogP contribution in [0, 0.1) is 10.1 Å². The van der Waals surface area contributed by atoms with Gasteiger partial charge in [0.05, 0.1) is 4.92 Å². The lowest BCUT2D eigenvalue weighted by atomic mass is 9.99. The summed E-state index contributed by atoms with van der Waals surface area (Å²) in [6, 6.07) is 14.5. The van der Waals surface area contributed by atoms with Gasteiger partial charge in [0.2, 0.25) is 5.95 Å². The number of nitro groups is 1. The SMILES string of the molecule is Nc1ncc(-c2cccc(-c3cccc([N+](=O)[O-])c3)c2)c(NCCCN2CCCCC2)n1. The Morgan fingerprint density at radius 1 is 1.03 bits per heavy atom. The first-order valence-electron chi connectivity index (χ1n) is 11.0. The number of nitrogens with one attached hydrogen (secondary N) is 1. The van der Waals surface area contributed by atoms with Crippen LogP contribution >= 0.6 is 0 Å². The number of nitrogen functional groups attached to an aromatic ring is 1. The van der Waals surface area contributed by atoms with E-state index < -0.39 is 0 Å². The number of nitro benzene ring substituents is 1. The Balaban J connectivity index is 1.51. The Bertz CT molecular complexity index is 1080. The summed E-state index contributed by atoms with van der Waals surface area (Å²) >= 11 is 0. The lowest BCUT2D eigenvalue weighted by Gasteiger charge is -2.26. The Hall–Kier alpha value is -3.52. The van der Waals surface area contributed by atoms with Gasteiger partial charge in [-0.05, 0) is 61.7 Å². The van der Waals surface area contributed by atoms with Crippen LogP contribution in [0.2, 0.25) is 0 Å². The molecule has 8 nitrogen and oxygen atoms in total. The van der Waals surface area contributed by atoms with Gasteiger partial charge in [0, 0.05) is 30.4 Å². The maximum atomic E-state index is 11.1. The molecule has 0 radical (unpaired) electrons. The topological polar surface area (TPSA) is 110 Å². The van der Waals surface area contributed by atoms with Crippen LogP contribution in [0.1, 0.15) is 25.7 Å². The van der Waals surface area contributed by atoms with Crippen molar-refractivity contribution in [1.29, 1.82) is 0 Å². The Labute approximate surface area is 187 Å². The van der Waals surface area contributed by atoms with Crippen molar-refractivity contribution in [2.75, 3.05) is 37.2 Å². The summed E-state index contributed by atoms with van der Waals surface area (Å²) in [6.45, 7) is 4.25. The molecule has 1 fully saturated rings. The molecule has 1 aliphatic rings. The minimum atomic E-state index is -0.382. The van der Waals surface area contributed by atoms with Gasteiger partial charge in [-0.15, -0.1) is 0 Å². The molecule has 0 amide bonds. The van der Waals surface area contributed by atoms with Crippen LogP contribution < -0.4 is 11.1 Å². The van der Waals surface area contributed by atoms with E-state index in [0.29, 0.717) is 5.82 Å². The molecule has 3 aromatic rings. The van der Waals surface area contributed by atoms with Crippen molar-refractivity contribution in [2.45, 2.75) is 25.7 Å². The van der Waals surface area contributed by atoms with Crippen molar-refractivity contribution >= 4 is 17.5 Å². The predicted molar refractivity (Wildman–Crippen MR) is 127 cm³/mol. The summed E-state index contributed by atoms with van der Waals surface area (Å²) in [5.41, 5.74) is 9.38. The van der Waals surface area contributed by atoms with Crippen LogP contribution in [-0.2, 0) is 0 Å². The number of benzene rings is 2. The van der Waals surface area contributed by atoms with Crippen molar-refractivity contribution < 1.29 is 4.92 Å². The fraction of sp³-hybridized carbons (Fsp3) is 0.333. The molecule has 32 heavy (non-hydrogen) atoms. The van der Waals surface area contributed by atoms with Crippen LogP contribution in [-0.4, -0.2) is 46.0 Å². The van der Waals surface area contributed by atoms with E-state index >= 15 is 0 Å². The van der Waals surface area contributed by atoms with Crippen molar-refractivity contribution in [2.24, 2.45) is 0 Å². The largest absolute Gasteiger partial charge is 0.369 e. The number of anilines is 2. The van der Waals surface area contributed by atoms with E-state index in [2.05, 4.69) is 20.2 Å². The van der Waals surface area contributed by atoms with Crippen molar-refractivity contribution in [3.8, 4) is 22.3 Å². The second kappa shape index (κ2) is 10.2. The maximum Gasteiger partial charge on any atom is 0.270 e. The van der Waals surface area contributed by atoms with E-state index in [0.717, 1.165) is 41.8 Å². The molecule has 2 aromatic carbocycles. The average molecular weight is 433 g/mol. The molecule has 1 aliphatic heterocycles.